The van der Waals surface area contributed by atoms with Crippen molar-refractivity contribution in [3.8, 4) is 0 Å². The molecule has 2 rings (SSSR count). The van der Waals surface area contributed by atoms with Crippen LogP contribution in [0.4, 0.5) is 13.2 Å². The zero-order valence-electron chi connectivity index (χ0n) is 11.2. The van der Waals surface area contributed by atoms with Gasteiger partial charge in [-0.05, 0) is 19.9 Å². The number of carbonyl (C=O) groups is 1. The topological polar surface area (TPSA) is 23.6 Å². The van der Waals surface area contributed by atoms with Crippen molar-refractivity contribution in [3.63, 3.8) is 0 Å². The molecular weight excluding hydrogens is 257 g/mol. The molecule has 1 amide bonds. The molecule has 0 spiro atoms. The van der Waals surface area contributed by atoms with E-state index in [1.54, 1.807) is 4.90 Å². The smallest absolute Gasteiger partial charge is 0.340 e. The van der Waals surface area contributed by atoms with E-state index in [0.717, 1.165) is 19.5 Å². The van der Waals surface area contributed by atoms with E-state index in [-0.39, 0.29) is 12.3 Å². The summed E-state index contributed by atoms with van der Waals surface area (Å²) in [6.07, 6.45) is -2.44. The number of rotatable bonds is 1. The first-order valence-electron chi connectivity index (χ1n) is 6.93. The van der Waals surface area contributed by atoms with Crippen LogP contribution in [0.15, 0.2) is 0 Å². The normalized spacial score (nSPS) is 30.4. The highest BCUT2D eigenvalue weighted by molar-refractivity contribution is 5.79. The summed E-state index contributed by atoms with van der Waals surface area (Å²) in [5.41, 5.74) is 0. The predicted octanol–water partition coefficient (Wildman–Crippen LogP) is 2.13. The number of piperazine rings is 1. The molecule has 2 atom stereocenters. The summed E-state index contributed by atoms with van der Waals surface area (Å²) in [6.45, 7) is 2.59. The van der Waals surface area contributed by atoms with Crippen LogP contribution in [0.5, 0.6) is 0 Å². The molecule has 1 saturated heterocycles. The summed E-state index contributed by atoms with van der Waals surface area (Å²) >= 11 is 0. The number of hydrogen-bond donors (Lipinski definition) is 0. The van der Waals surface area contributed by atoms with Crippen LogP contribution in [0.1, 0.15) is 25.7 Å². The predicted molar refractivity (Wildman–Crippen MR) is 65.6 cm³/mol. The number of halogens is 3. The molecule has 0 aromatic rings. The summed E-state index contributed by atoms with van der Waals surface area (Å²) in [5.74, 6) is -2.57. The Morgan fingerprint density at radius 2 is 1.63 bits per heavy atom. The minimum Gasteiger partial charge on any atom is -0.340 e. The number of nitrogens with zero attached hydrogens (tertiary/aromatic N) is 2. The van der Waals surface area contributed by atoms with Crippen molar-refractivity contribution in [2.75, 3.05) is 33.2 Å². The average molecular weight is 278 g/mol. The van der Waals surface area contributed by atoms with E-state index >= 15 is 0 Å². The molecule has 19 heavy (non-hydrogen) atoms. The number of amides is 1. The Bertz CT molecular complexity index is 324. The number of hydrogen-bond acceptors (Lipinski definition) is 2. The van der Waals surface area contributed by atoms with Gasteiger partial charge in [-0.3, -0.25) is 4.79 Å². The van der Waals surface area contributed by atoms with Gasteiger partial charge < -0.3 is 9.80 Å². The van der Waals surface area contributed by atoms with Crippen molar-refractivity contribution in [3.05, 3.63) is 0 Å². The van der Waals surface area contributed by atoms with E-state index in [4.69, 9.17) is 0 Å². The minimum atomic E-state index is -4.24. The van der Waals surface area contributed by atoms with Crippen LogP contribution in [-0.4, -0.2) is 55.1 Å². The molecule has 110 valence electrons. The second-order valence-electron chi connectivity index (χ2n) is 5.67. The summed E-state index contributed by atoms with van der Waals surface area (Å²) in [5, 5.41) is 0. The van der Waals surface area contributed by atoms with Gasteiger partial charge in [0.1, 0.15) is 0 Å². The zero-order chi connectivity index (χ0) is 14.0. The van der Waals surface area contributed by atoms with Crippen LogP contribution in [0.2, 0.25) is 0 Å². The molecule has 1 aliphatic carbocycles. The molecule has 0 N–H and O–H groups in total. The van der Waals surface area contributed by atoms with Crippen LogP contribution in [0, 0.1) is 11.8 Å². The maximum absolute atomic E-state index is 13.0. The van der Waals surface area contributed by atoms with E-state index in [9.17, 15) is 18.0 Å². The molecule has 1 heterocycles. The van der Waals surface area contributed by atoms with Gasteiger partial charge in [-0.15, -0.1) is 0 Å². The van der Waals surface area contributed by atoms with Gasteiger partial charge in [-0.2, -0.15) is 13.2 Å². The first-order valence-corrected chi connectivity index (χ1v) is 6.93. The second-order valence-corrected chi connectivity index (χ2v) is 5.67. The van der Waals surface area contributed by atoms with Gasteiger partial charge in [0.15, 0.2) is 0 Å². The van der Waals surface area contributed by atoms with E-state index < -0.39 is 18.0 Å². The molecule has 0 aromatic heterocycles. The third-order valence-corrected chi connectivity index (χ3v) is 4.32. The molecule has 3 nitrogen and oxygen atoms in total. The number of carbonyl (C=O) groups excluding carboxylic acids is 1. The fourth-order valence-corrected chi connectivity index (χ4v) is 3.08. The molecule has 0 radical (unpaired) electrons. The lowest BCUT2D eigenvalue weighted by Crippen LogP contribution is -2.51. The highest BCUT2D eigenvalue weighted by Crippen LogP contribution is 2.42. The Balaban J connectivity index is 2.03. The summed E-state index contributed by atoms with van der Waals surface area (Å²) in [4.78, 5) is 16.0. The molecule has 0 aromatic carbocycles. The van der Waals surface area contributed by atoms with Crippen LogP contribution in [-0.2, 0) is 4.79 Å². The molecule has 2 unspecified atom stereocenters. The Morgan fingerprint density at radius 3 is 2.21 bits per heavy atom. The van der Waals surface area contributed by atoms with E-state index in [2.05, 4.69) is 4.90 Å². The van der Waals surface area contributed by atoms with Gasteiger partial charge in [0.2, 0.25) is 5.91 Å². The average Bonchev–Trinajstić information content (AvgIpc) is 2.38. The van der Waals surface area contributed by atoms with Gasteiger partial charge in [0.25, 0.3) is 0 Å². The highest BCUT2D eigenvalue weighted by atomic mass is 19.4. The van der Waals surface area contributed by atoms with Crippen molar-refractivity contribution >= 4 is 5.91 Å². The number of likely N-dealkylation sites (N-methyl/N-ethyl adjacent to an activating group) is 1. The van der Waals surface area contributed by atoms with Crippen LogP contribution < -0.4 is 0 Å². The first kappa shape index (κ1) is 14.6. The van der Waals surface area contributed by atoms with Crippen LogP contribution in [0.25, 0.3) is 0 Å². The molecule has 2 fully saturated rings. The molecular formula is C13H21F3N2O. The van der Waals surface area contributed by atoms with Crippen molar-refractivity contribution in [2.24, 2.45) is 11.8 Å². The molecule has 0 bridgehead atoms. The second kappa shape index (κ2) is 5.69. The monoisotopic (exact) mass is 278 g/mol. The van der Waals surface area contributed by atoms with Crippen molar-refractivity contribution < 1.29 is 18.0 Å². The Hall–Kier alpha value is -0.780. The maximum Gasteiger partial charge on any atom is 0.392 e. The Kier molecular flexibility index (Phi) is 4.38. The van der Waals surface area contributed by atoms with Gasteiger partial charge >= 0.3 is 6.18 Å². The van der Waals surface area contributed by atoms with E-state index in [1.807, 2.05) is 7.05 Å². The molecule has 2 aliphatic rings. The highest BCUT2D eigenvalue weighted by Gasteiger charge is 2.48. The third-order valence-electron chi connectivity index (χ3n) is 4.32. The standard InChI is InChI=1S/C13H21F3N2O/c1-17-6-8-18(9-7-17)12(19)10-4-2-3-5-11(10)13(14,15)16/h10-11H,2-9H2,1H3. The van der Waals surface area contributed by atoms with Crippen LogP contribution in [0.3, 0.4) is 0 Å². The summed E-state index contributed by atoms with van der Waals surface area (Å²) in [6, 6.07) is 0. The van der Waals surface area contributed by atoms with Gasteiger partial charge in [0, 0.05) is 32.1 Å². The van der Waals surface area contributed by atoms with Crippen molar-refractivity contribution in [1.29, 1.82) is 0 Å². The third kappa shape index (κ3) is 3.41. The lowest BCUT2D eigenvalue weighted by molar-refractivity contribution is -0.201. The summed E-state index contributed by atoms with van der Waals surface area (Å²) < 4.78 is 39.0. The zero-order valence-corrected chi connectivity index (χ0v) is 11.2. The largest absolute Gasteiger partial charge is 0.392 e. The van der Waals surface area contributed by atoms with E-state index in [0.29, 0.717) is 25.9 Å². The Labute approximate surface area is 111 Å². The molecule has 1 aliphatic heterocycles. The molecule has 1 saturated carbocycles. The fraction of sp³-hybridized carbons (Fsp3) is 0.923. The van der Waals surface area contributed by atoms with E-state index in [1.165, 1.54) is 0 Å². The SMILES string of the molecule is CN1CCN(C(=O)C2CCCCC2C(F)(F)F)CC1. The Morgan fingerprint density at radius 1 is 1.05 bits per heavy atom. The fourth-order valence-electron chi connectivity index (χ4n) is 3.08. The van der Waals surface area contributed by atoms with Crippen LogP contribution >= 0.6 is 0 Å². The van der Waals surface area contributed by atoms with Gasteiger partial charge in [0.05, 0.1) is 5.92 Å². The quantitative estimate of drug-likeness (QED) is 0.733. The minimum absolute atomic E-state index is 0.105. The lowest BCUT2D eigenvalue weighted by atomic mass is 9.78. The summed E-state index contributed by atoms with van der Waals surface area (Å²) in [7, 11) is 1.96. The van der Waals surface area contributed by atoms with Gasteiger partial charge in [-0.1, -0.05) is 12.8 Å². The van der Waals surface area contributed by atoms with Gasteiger partial charge in [-0.25, -0.2) is 0 Å². The van der Waals surface area contributed by atoms with Crippen molar-refractivity contribution in [1.82, 2.24) is 9.80 Å². The lowest BCUT2D eigenvalue weighted by Gasteiger charge is -2.38. The number of alkyl halides is 3. The first-order chi connectivity index (χ1) is 8.89. The molecule has 6 heteroatoms. The van der Waals surface area contributed by atoms with Crippen molar-refractivity contribution in [2.45, 2.75) is 31.9 Å². The maximum atomic E-state index is 13.0.